The van der Waals surface area contributed by atoms with Gasteiger partial charge in [0.15, 0.2) is 16.3 Å². The lowest BCUT2D eigenvalue weighted by Gasteiger charge is -2.24. The highest BCUT2D eigenvalue weighted by molar-refractivity contribution is 7.07. The van der Waals surface area contributed by atoms with Crippen LogP contribution in [0.15, 0.2) is 63.5 Å². The second kappa shape index (κ2) is 10.3. The van der Waals surface area contributed by atoms with Gasteiger partial charge < -0.3 is 19.1 Å². The van der Waals surface area contributed by atoms with Gasteiger partial charge in [-0.25, -0.2) is 9.79 Å². The van der Waals surface area contributed by atoms with E-state index in [1.807, 2.05) is 30.3 Å². The van der Waals surface area contributed by atoms with Crippen molar-refractivity contribution in [3.05, 3.63) is 84.5 Å². The molecule has 2 aliphatic heterocycles. The second-order valence-corrected chi connectivity index (χ2v) is 9.69. The minimum Gasteiger partial charge on any atom is -0.463 e. The Bertz CT molecular complexity index is 1550. The molecule has 1 aromatic heterocycles. The zero-order valence-electron chi connectivity index (χ0n) is 21.3. The van der Waals surface area contributed by atoms with Crippen LogP contribution in [-0.4, -0.2) is 37.0 Å². The van der Waals surface area contributed by atoms with E-state index in [2.05, 4.69) is 35.9 Å². The van der Waals surface area contributed by atoms with Crippen molar-refractivity contribution in [3.8, 4) is 11.5 Å². The van der Waals surface area contributed by atoms with Crippen LogP contribution in [0.1, 0.15) is 44.9 Å². The third-order valence-electron chi connectivity index (χ3n) is 6.55. The van der Waals surface area contributed by atoms with Crippen molar-refractivity contribution in [2.45, 2.75) is 33.7 Å². The molecule has 3 aromatic rings. The van der Waals surface area contributed by atoms with Gasteiger partial charge in [-0.3, -0.25) is 9.36 Å². The van der Waals surface area contributed by atoms with Gasteiger partial charge in [0.05, 0.1) is 28.5 Å². The summed E-state index contributed by atoms with van der Waals surface area (Å²) in [5.74, 6) is 0.709. The molecular formula is C28H29N3O5S. The molecule has 0 spiro atoms. The van der Waals surface area contributed by atoms with Crippen LogP contribution in [0.3, 0.4) is 0 Å². The number of carbonyl (C=O) groups excluding carboxylic acids is 1. The van der Waals surface area contributed by atoms with Gasteiger partial charge in [-0.15, -0.1) is 0 Å². The summed E-state index contributed by atoms with van der Waals surface area (Å²) in [5.41, 5.74) is 3.43. The summed E-state index contributed by atoms with van der Waals surface area (Å²) < 4.78 is 18.5. The third kappa shape index (κ3) is 4.55. The number of ether oxygens (including phenoxy) is 3. The van der Waals surface area contributed by atoms with E-state index < -0.39 is 12.0 Å². The molecule has 0 aliphatic carbocycles. The number of benzene rings is 2. The smallest absolute Gasteiger partial charge is 0.338 e. The summed E-state index contributed by atoms with van der Waals surface area (Å²) in [6.07, 6.45) is 1.87. The monoisotopic (exact) mass is 519 g/mol. The van der Waals surface area contributed by atoms with Crippen LogP contribution in [0, 0.1) is 0 Å². The Labute approximate surface area is 218 Å². The van der Waals surface area contributed by atoms with E-state index in [9.17, 15) is 9.59 Å². The SMILES string of the molecule is CCOC(=O)C1=C(C)N=c2sc(=Cc3ccc(N(CC)CC)cc3)c(=O)n2[C@H]1c1ccc2c(c1)OCO2. The topological polar surface area (TPSA) is 82.4 Å². The first-order chi connectivity index (χ1) is 17.9. The van der Waals surface area contributed by atoms with E-state index in [1.54, 1.807) is 24.5 Å². The van der Waals surface area contributed by atoms with Gasteiger partial charge in [-0.1, -0.05) is 29.5 Å². The number of esters is 1. The number of hydrogen-bond acceptors (Lipinski definition) is 8. The molecule has 1 atom stereocenters. The molecule has 2 aliphatic rings. The predicted octanol–water partition coefficient (Wildman–Crippen LogP) is 3.37. The summed E-state index contributed by atoms with van der Waals surface area (Å²) in [4.78, 5) is 34.3. The van der Waals surface area contributed by atoms with E-state index in [0.29, 0.717) is 32.1 Å². The minimum absolute atomic E-state index is 0.133. The molecule has 0 N–H and O–H groups in total. The fourth-order valence-corrected chi connectivity index (χ4v) is 5.76. The molecule has 2 aromatic carbocycles. The molecule has 0 bridgehead atoms. The fourth-order valence-electron chi connectivity index (χ4n) is 4.71. The average Bonchev–Trinajstić information content (AvgIpc) is 3.48. The van der Waals surface area contributed by atoms with Crippen LogP contribution in [0.2, 0.25) is 0 Å². The molecule has 5 rings (SSSR count). The first-order valence-electron chi connectivity index (χ1n) is 12.4. The quantitative estimate of drug-likeness (QED) is 0.445. The van der Waals surface area contributed by atoms with Crippen molar-refractivity contribution in [2.24, 2.45) is 4.99 Å². The maximum absolute atomic E-state index is 13.8. The first kappa shape index (κ1) is 24.8. The van der Waals surface area contributed by atoms with Crippen LogP contribution in [-0.2, 0) is 9.53 Å². The Morgan fingerprint density at radius 3 is 2.57 bits per heavy atom. The molecule has 8 nitrogen and oxygen atoms in total. The Balaban J connectivity index is 1.63. The number of fused-ring (bicyclic) bond motifs is 2. The number of anilines is 1. The van der Waals surface area contributed by atoms with Crippen molar-refractivity contribution in [2.75, 3.05) is 31.4 Å². The molecule has 0 saturated heterocycles. The van der Waals surface area contributed by atoms with E-state index >= 15 is 0 Å². The highest BCUT2D eigenvalue weighted by atomic mass is 32.1. The van der Waals surface area contributed by atoms with Gasteiger partial charge in [-0.05, 0) is 69.2 Å². The normalized spacial score (nSPS) is 16.4. The van der Waals surface area contributed by atoms with E-state index in [1.165, 1.54) is 11.3 Å². The number of allylic oxidation sites excluding steroid dienone is 1. The number of aromatic nitrogens is 1. The number of thiazole rings is 1. The molecule has 0 unspecified atom stereocenters. The van der Waals surface area contributed by atoms with Crippen molar-refractivity contribution in [3.63, 3.8) is 0 Å². The molecular weight excluding hydrogens is 490 g/mol. The summed E-state index contributed by atoms with van der Waals surface area (Å²) in [6, 6.07) is 12.9. The van der Waals surface area contributed by atoms with Gasteiger partial charge in [-0.2, -0.15) is 0 Å². The molecule has 3 heterocycles. The first-order valence-corrected chi connectivity index (χ1v) is 13.2. The van der Waals surface area contributed by atoms with E-state index in [-0.39, 0.29) is 19.0 Å². The minimum atomic E-state index is -0.697. The second-order valence-electron chi connectivity index (χ2n) is 8.68. The van der Waals surface area contributed by atoms with Crippen LogP contribution in [0.5, 0.6) is 11.5 Å². The lowest BCUT2D eigenvalue weighted by atomic mass is 9.95. The van der Waals surface area contributed by atoms with Crippen molar-refractivity contribution >= 4 is 29.1 Å². The van der Waals surface area contributed by atoms with Crippen molar-refractivity contribution < 1.29 is 19.0 Å². The van der Waals surface area contributed by atoms with Crippen molar-refractivity contribution in [1.29, 1.82) is 0 Å². The summed E-state index contributed by atoms with van der Waals surface area (Å²) in [6.45, 7) is 9.99. The number of carbonyl (C=O) groups is 1. The Morgan fingerprint density at radius 1 is 1.14 bits per heavy atom. The fraction of sp³-hybridized carbons (Fsp3) is 0.321. The standard InChI is InChI=1S/C28H29N3O5S/c1-5-30(6-2)20-11-8-18(9-12-20)14-23-26(32)31-25(19-10-13-21-22(15-19)36-16-35-21)24(27(33)34-7-3)17(4)29-28(31)37-23/h8-15,25H,5-7,16H2,1-4H3/t25-/m0/s1. The third-order valence-corrected chi connectivity index (χ3v) is 7.53. The van der Waals surface area contributed by atoms with Gasteiger partial charge in [0.2, 0.25) is 6.79 Å². The zero-order valence-corrected chi connectivity index (χ0v) is 22.1. The Morgan fingerprint density at radius 2 is 1.86 bits per heavy atom. The Kier molecular flexibility index (Phi) is 6.88. The maximum Gasteiger partial charge on any atom is 0.338 e. The molecule has 0 saturated carbocycles. The van der Waals surface area contributed by atoms with Crippen LogP contribution < -0.4 is 29.3 Å². The highest BCUT2D eigenvalue weighted by Crippen LogP contribution is 2.38. The van der Waals surface area contributed by atoms with Gasteiger partial charge in [0, 0.05) is 18.8 Å². The lowest BCUT2D eigenvalue weighted by Crippen LogP contribution is -2.39. The van der Waals surface area contributed by atoms with Crippen molar-refractivity contribution in [1.82, 2.24) is 4.57 Å². The highest BCUT2D eigenvalue weighted by Gasteiger charge is 2.34. The summed E-state index contributed by atoms with van der Waals surface area (Å²) in [5, 5.41) is 0. The lowest BCUT2D eigenvalue weighted by molar-refractivity contribution is -0.139. The van der Waals surface area contributed by atoms with Crippen LogP contribution in [0.4, 0.5) is 5.69 Å². The molecule has 0 amide bonds. The molecule has 192 valence electrons. The van der Waals surface area contributed by atoms with Gasteiger partial charge >= 0.3 is 5.97 Å². The van der Waals surface area contributed by atoms with Gasteiger partial charge in [0.25, 0.3) is 5.56 Å². The maximum atomic E-state index is 13.8. The van der Waals surface area contributed by atoms with Crippen LogP contribution in [0.25, 0.3) is 6.08 Å². The van der Waals surface area contributed by atoms with Gasteiger partial charge in [0.1, 0.15) is 0 Å². The molecule has 9 heteroatoms. The number of rotatable bonds is 7. The van der Waals surface area contributed by atoms with E-state index in [4.69, 9.17) is 14.2 Å². The van der Waals surface area contributed by atoms with Crippen LogP contribution >= 0.6 is 11.3 Å². The molecule has 0 fully saturated rings. The Hall–Kier alpha value is -3.85. The van der Waals surface area contributed by atoms with E-state index in [0.717, 1.165) is 29.9 Å². The summed E-state index contributed by atoms with van der Waals surface area (Å²) >= 11 is 1.31. The molecule has 37 heavy (non-hydrogen) atoms. The number of nitrogens with zero attached hydrogens (tertiary/aromatic N) is 3. The predicted molar refractivity (Wildman–Crippen MR) is 143 cm³/mol. The summed E-state index contributed by atoms with van der Waals surface area (Å²) in [7, 11) is 0. The molecule has 0 radical (unpaired) electrons. The average molecular weight is 520 g/mol. The largest absolute Gasteiger partial charge is 0.463 e. The number of hydrogen-bond donors (Lipinski definition) is 0. The zero-order chi connectivity index (χ0) is 26.1.